The minimum Gasteiger partial charge on any atom is -0.351 e. The van der Waals surface area contributed by atoms with Crippen molar-refractivity contribution in [1.82, 2.24) is 10.3 Å². The standard InChI is InChI=1S/C20H19BrN4O2S3/c1-12-11-13(6-7-14(12)24-30(2,26)27)25-19(16-8-9-17(21)29-16)18(23-20(25)28)15-5-3-4-10-22-15/h3-11,18-19,24H,1-2H3,(H,23,28)/t18-,19+/m1/s1. The molecule has 0 spiro atoms. The van der Waals surface area contributed by atoms with Gasteiger partial charge in [0.05, 0.1) is 33.5 Å². The van der Waals surface area contributed by atoms with Crippen LogP contribution in [-0.2, 0) is 10.0 Å². The van der Waals surface area contributed by atoms with Crippen LogP contribution in [0, 0.1) is 6.92 Å². The number of nitrogens with one attached hydrogen (secondary N) is 2. The van der Waals surface area contributed by atoms with Crippen LogP contribution >= 0.6 is 39.5 Å². The quantitative estimate of drug-likeness (QED) is 0.470. The molecule has 0 bridgehead atoms. The maximum Gasteiger partial charge on any atom is 0.229 e. The fourth-order valence-electron chi connectivity index (χ4n) is 3.52. The third-order valence-corrected chi connectivity index (χ3v) is 7.37. The van der Waals surface area contributed by atoms with Crippen LogP contribution in [0.3, 0.4) is 0 Å². The number of aromatic nitrogens is 1. The first-order valence-corrected chi connectivity index (χ1v) is 13.0. The molecule has 2 N–H and O–H groups in total. The Bertz CT molecular complexity index is 1200. The number of aryl methyl sites for hydroxylation is 1. The summed E-state index contributed by atoms with van der Waals surface area (Å²) in [6, 6.07) is 15.4. The van der Waals surface area contributed by atoms with Crippen LogP contribution in [0.1, 0.15) is 28.2 Å². The molecule has 156 valence electrons. The average molecular weight is 524 g/mol. The first kappa shape index (κ1) is 21.2. The maximum atomic E-state index is 11.6. The number of hydrogen-bond donors (Lipinski definition) is 2. The van der Waals surface area contributed by atoms with Gasteiger partial charge in [-0.25, -0.2) is 8.42 Å². The summed E-state index contributed by atoms with van der Waals surface area (Å²) in [6.07, 6.45) is 2.92. The van der Waals surface area contributed by atoms with Crippen molar-refractivity contribution >= 4 is 66.0 Å². The molecule has 10 heteroatoms. The van der Waals surface area contributed by atoms with Gasteiger partial charge < -0.3 is 10.2 Å². The van der Waals surface area contributed by atoms with Gasteiger partial charge in [0.25, 0.3) is 0 Å². The minimum atomic E-state index is -3.35. The molecule has 1 fully saturated rings. The summed E-state index contributed by atoms with van der Waals surface area (Å²) >= 11 is 10.9. The lowest BCUT2D eigenvalue weighted by atomic mass is 10.0. The predicted molar refractivity (Wildman–Crippen MR) is 130 cm³/mol. The Hall–Kier alpha value is -2.01. The highest BCUT2D eigenvalue weighted by molar-refractivity contribution is 9.11. The van der Waals surface area contributed by atoms with E-state index in [1.807, 2.05) is 43.3 Å². The van der Waals surface area contributed by atoms with Gasteiger partial charge in [0.15, 0.2) is 5.11 Å². The number of pyridine rings is 1. The van der Waals surface area contributed by atoms with Crippen molar-refractivity contribution in [2.24, 2.45) is 0 Å². The van der Waals surface area contributed by atoms with Gasteiger partial charge >= 0.3 is 0 Å². The number of rotatable bonds is 5. The smallest absolute Gasteiger partial charge is 0.229 e. The van der Waals surface area contributed by atoms with Gasteiger partial charge in [-0.1, -0.05) is 6.07 Å². The lowest BCUT2D eigenvalue weighted by molar-refractivity contribution is 0.575. The molecule has 30 heavy (non-hydrogen) atoms. The van der Waals surface area contributed by atoms with E-state index in [1.54, 1.807) is 23.6 Å². The molecule has 0 aliphatic carbocycles. The van der Waals surface area contributed by atoms with Crippen LogP contribution in [0.15, 0.2) is 58.5 Å². The van der Waals surface area contributed by atoms with Gasteiger partial charge in [-0.05, 0) is 83.1 Å². The lowest BCUT2D eigenvalue weighted by Gasteiger charge is -2.27. The number of thiophene rings is 1. The van der Waals surface area contributed by atoms with Crippen molar-refractivity contribution in [2.45, 2.75) is 19.0 Å². The number of hydrogen-bond acceptors (Lipinski definition) is 5. The Balaban J connectivity index is 1.77. The number of sulfonamides is 1. The highest BCUT2D eigenvalue weighted by atomic mass is 79.9. The van der Waals surface area contributed by atoms with Crippen molar-refractivity contribution in [3.8, 4) is 0 Å². The molecule has 0 radical (unpaired) electrons. The zero-order chi connectivity index (χ0) is 21.5. The van der Waals surface area contributed by atoms with E-state index in [-0.39, 0.29) is 12.1 Å². The molecule has 1 saturated heterocycles. The summed E-state index contributed by atoms with van der Waals surface area (Å²) in [5.41, 5.74) is 3.16. The summed E-state index contributed by atoms with van der Waals surface area (Å²) in [4.78, 5) is 7.76. The summed E-state index contributed by atoms with van der Waals surface area (Å²) in [6.45, 7) is 1.87. The second-order valence-electron chi connectivity index (χ2n) is 7.01. The first-order chi connectivity index (χ1) is 14.2. The molecule has 0 amide bonds. The van der Waals surface area contributed by atoms with E-state index in [0.717, 1.165) is 31.9 Å². The molecule has 1 aromatic carbocycles. The van der Waals surface area contributed by atoms with Gasteiger partial charge in [0.2, 0.25) is 10.0 Å². The molecule has 1 aliphatic rings. The zero-order valence-electron chi connectivity index (χ0n) is 16.2. The number of halogens is 1. The highest BCUT2D eigenvalue weighted by Crippen LogP contribution is 2.44. The van der Waals surface area contributed by atoms with Crippen molar-refractivity contribution in [3.63, 3.8) is 0 Å². The van der Waals surface area contributed by atoms with Gasteiger partial charge in [-0.2, -0.15) is 0 Å². The Labute approximate surface area is 193 Å². The van der Waals surface area contributed by atoms with Crippen molar-refractivity contribution in [2.75, 3.05) is 15.9 Å². The van der Waals surface area contributed by atoms with E-state index in [9.17, 15) is 8.42 Å². The average Bonchev–Trinajstić information content (AvgIpc) is 3.26. The number of anilines is 2. The summed E-state index contributed by atoms with van der Waals surface area (Å²) in [5, 5.41) is 4.02. The molecule has 4 rings (SSSR count). The summed E-state index contributed by atoms with van der Waals surface area (Å²) in [7, 11) is -3.35. The largest absolute Gasteiger partial charge is 0.351 e. The first-order valence-electron chi connectivity index (χ1n) is 9.07. The Morgan fingerprint density at radius 1 is 1.23 bits per heavy atom. The molecule has 1 aliphatic heterocycles. The maximum absolute atomic E-state index is 11.6. The van der Waals surface area contributed by atoms with Crippen LogP contribution in [0.2, 0.25) is 0 Å². The third kappa shape index (κ3) is 4.36. The van der Waals surface area contributed by atoms with Crippen molar-refractivity contribution < 1.29 is 8.42 Å². The monoisotopic (exact) mass is 522 g/mol. The molecular weight excluding hydrogens is 504 g/mol. The van der Waals surface area contributed by atoms with E-state index in [1.165, 1.54) is 0 Å². The Morgan fingerprint density at radius 2 is 2.03 bits per heavy atom. The molecule has 3 aromatic rings. The number of nitrogens with zero attached hydrogens (tertiary/aromatic N) is 2. The Morgan fingerprint density at radius 3 is 2.63 bits per heavy atom. The van der Waals surface area contributed by atoms with Crippen LogP contribution in [-0.4, -0.2) is 24.8 Å². The molecule has 2 aromatic heterocycles. The van der Waals surface area contributed by atoms with E-state index < -0.39 is 10.0 Å². The highest BCUT2D eigenvalue weighted by Gasteiger charge is 2.41. The number of benzene rings is 1. The van der Waals surface area contributed by atoms with E-state index >= 15 is 0 Å². The van der Waals surface area contributed by atoms with Crippen LogP contribution < -0.4 is 14.9 Å². The van der Waals surface area contributed by atoms with Crippen LogP contribution in [0.5, 0.6) is 0 Å². The summed E-state index contributed by atoms with van der Waals surface area (Å²) < 4.78 is 26.8. The van der Waals surface area contributed by atoms with Crippen LogP contribution in [0.4, 0.5) is 11.4 Å². The fourth-order valence-corrected chi connectivity index (χ4v) is 6.05. The minimum absolute atomic E-state index is 0.0863. The molecule has 0 unspecified atom stereocenters. The second kappa shape index (κ2) is 8.26. The van der Waals surface area contributed by atoms with Crippen LogP contribution in [0.25, 0.3) is 0 Å². The second-order valence-corrected chi connectivity index (χ2v) is 11.6. The molecule has 6 nitrogen and oxygen atoms in total. The SMILES string of the molecule is Cc1cc(N2C(=S)N[C@H](c3ccccn3)[C@@H]2c2ccc(Br)s2)ccc1NS(C)(=O)=O. The van der Waals surface area contributed by atoms with Crippen molar-refractivity contribution in [3.05, 3.63) is 74.6 Å². The molecule has 3 heterocycles. The van der Waals surface area contributed by atoms with E-state index in [2.05, 4.69) is 41.9 Å². The van der Waals surface area contributed by atoms with Gasteiger partial charge in [0, 0.05) is 16.8 Å². The molecular formula is C20H19BrN4O2S3. The van der Waals surface area contributed by atoms with Gasteiger partial charge in [-0.3, -0.25) is 9.71 Å². The lowest BCUT2D eigenvalue weighted by Crippen LogP contribution is -2.29. The molecule has 0 saturated carbocycles. The Kier molecular flexibility index (Phi) is 5.84. The normalized spacial score (nSPS) is 19.0. The van der Waals surface area contributed by atoms with Gasteiger partial charge in [0.1, 0.15) is 0 Å². The zero-order valence-corrected chi connectivity index (χ0v) is 20.2. The predicted octanol–water partition coefficient (Wildman–Crippen LogP) is 4.76. The molecule has 2 atom stereocenters. The third-order valence-electron chi connectivity index (χ3n) is 4.77. The van der Waals surface area contributed by atoms with E-state index in [4.69, 9.17) is 12.2 Å². The number of thiocarbonyl (C=S) groups is 1. The topological polar surface area (TPSA) is 74.3 Å². The van der Waals surface area contributed by atoms with E-state index in [0.29, 0.717) is 10.8 Å². The van der Waals surface area contributed by atoms with Gasteiger partial charge in [-0.15, -0.1) is 11.3 Å². The van der Waals surface area contributed by atoms with Crippen molar-refractivity contribution in [1.29, 1.82) is 0 Å². The summed E-state index contributed by atoms with van der Waals surface area (Å²) in [5.74, 6) is 0. The fraction of sp³-hybridized carbons (Fsp3) is 0.200.